The first-order chi connectivity index (χ1) is 10.6. The van der Waals surface area contributed by atoms with Crippen LogP contribution in [0.5, 0.6) is 5.75 Å². The van der Waals surface area contributed by atoms with E-state index in [1.54, 1.807) is 4.90 Å². The summed E-state index contributed by atoms with van der Waals surface area (Å²) in [5, 5.41) is 2.89. The number of ether oxygens (including phenoxy) is 1. The summed E-state index contributed by atoms with van der Waals surface area (Å²) in [5.41, 5.74) is 0.656. The van der Waals surface area contributed by atoms with Gasteiger partial charge in [-0.3, -0.25) is 9.59 Å². The maximum atomic E-state index is 12.4. The molecule has 2 rings (SSSR count). The van der Waals surface area contributed by atoms with Crippen molar-refractivity contribution >= 4 is 17.5 Å². The Bertz CT molecular complexity index is 544. The zero-order valence-electron chi connectivity index (χ0n) is 13.5. The summed E-state index contributed by atoms with van der Waals surface area (Å²) in [5.74, 6) is 0.302. The quantitative estimate of drug-likeness (QED) is 0.879. The van der Waals surface area contributed by atoms with Gasteiger partial charge in [0.25, 0.3) is 0 Å². The summed E-state index contributed by atoms with van der Waals surface area (Å²) in [6, 6.07) is 7.53. The summed E-state index contributed by atoms with van der Waals surface area (Å²) < 4.78 is 5.51. The number of likely N-dealkylation sites (tertiary alicyclic amines) is 1. The Kier molecular flexibility index (Phi) is 5.41. The fraction of sp³-hybridized carbons (Fsp3) is 0.529. The van der Waals surface area contributed by atoms with Crippen LogP contribution in [0.15, 0.2) is 24.3 Å². The number of carbonyl (C=O) groups excluding carboxylic acids is 2. The Morgan fingerprint density at radius 2 is 2.14 bits per heavy atom. The van der Waals surface area contributed by atoms with Crippen molar-refractivity contribution in [3.05, 3.63) is 24.3 Å². The SMILES string of the molecule is CCOc1ccccc1NC(=O)C1CC(=O)N(C(C)CC)C1. The first kappa shape index (κ1) is 16.3. The lowest BCUT2D eigenvalue weighted by molar-refractivity contribution is -0.129. The smallest absolute Gasteiger partial charge is 0.229 e. The number of para-hydroxylation sites is 2. The van der Waals surface area contributed by atoms with Crippen molar-refractivity contribution in [1.29, 1.82) is 0 Å². The minimum atomic E-state index is -0.295. The van der Waals surface area contributed by atoms with Crippen molar-refractivity contribution in [2.24, 2.45) is 5.92 Å². The summed E-state index contributed by atoms with van der Waals surface area (Å²) in [4.78, 5) is 26.3. The lowest BCUT2D eigenvalue weighted by atomic mass is 10.1. The number of amides is 2. The summed E-state index contributed by atoms with van der Waals surface area (Å²) in [6.45, 7) is 7.00. The molecule has 0 saturated carbocycles. The second kappa shape index (κ2) is 7.29. The van der Waals surface area contributed by atoms with E-state index in [1.165, 1.54) is 0 Å². The third-order valence-electron chi connectivity index (χ3n) is 4.10. The molecule has 5 heteroatoms. The highest BCUT2D eigenvalue weighted by molar-refractivity contribution is 5.98. The Morgan fingerprint density at radius 3 is 2.82 bits per heavy atom. The van der Waals surface area contributed by atoms with Crippen LogP contribution in [0.1, 0.15) is 33.6 Å². The summed E-state index contributed by atoms with van der Waals surface area (Å²) in [6.07, 6.45) is 1.18. The standard InChI is InChI=1S/C17H24N2O3/c1-4-12(3)19-11-13(10-16(19)20)17(21)18-14-8-6-7-9-15(14)22-5-2/h6-9,12-13H,4-5,10-11H2,1-3H3,(H,18,21). The van der Waals surface area contributed by atoms with E-state index in [1.807, 2.05) is 45.0 Å². The van der Waals surface area contributed by atoms with Gasteiger partial charge in [-0.05, 0) is 32.4 Å². The number of hydrogen-bond acceptors (Lipinski definition) is 3. The molecule has 1 N–H and O–H groups in total. The highest BCUT2D eigenvalue weighted by atomic mass is 16.5. The molecule has 2 unspecified atom stereocenters. The molecule has 1 aliphatic heterocycles. The van der Waals surface area contributed by atoms with Crippen molar-refractivity contribution in [1.82, 2.24) is 4.90 Å². The highest BCUT2D eigenvalue weighted by Gasteiger charge is 2.36. The van der Waals surface area contributed by atoms with Gasteiger partial charge in [-0.25, -0.2) is 0 Å². The molecule has 1 saturated heterocycles. The molecule has 2 amide bonds. The number of nitrogens with zero attached hydrogens (tertiary/aromatic N) is 1. The Morgan fingerprint density at radius 1 is 1.41 bits per heavy atom. The van der Waals surface area contributed by atoms with E-state index < -0.39 is 0 Å². The van der Waals surface area contributed by atoms with Crippen LogP contribution in [-0.4, -0.2) is 35.9 Å². The van der Waals surface area contributed by atoms with Crippen LogP contribution < -0.4 is 10.1 Å². The average Bonchev–Trinajstić information content (AvgIpc) is 2.91. The normalized spacial score (nSPS) is 19.1. The van der Waals surface area contributed by atoms with Crippen molar-refractivity contribution in [3.8, 4) is 5.75 Å². The number of benzene rings is 1. The minimum Gasteiger partial charge on any atom is -0.492 e. The largest absolute Gasteiger partial charge is 0.492 e. The molecule has 5 nitrogen and oxygen atoms in total. The molecule has 1 fully saturated rings. The first-order valence-corrected chi connectivity index (χ1v) is 7.88. The van der Waals surface area contributed by atoms with Gasteiger partial charge < -0.3 is 15.0 Å². The Balaban J connectivity index is 2.03. The Labute approximate surface area is 131 Å². The van der Waals surface area contributed by atoms with Crippen LogP contribution in [0.4, 0.5) is 5.69 Å². The van der Waals surface area contributed by atoms with E-state index in [4.69, 9.17) is 4.74 Å². The molecule has 2 atom stereocenters. The van der Waals surface area contributed by atoms with Gasteiger partial charge in [-0.1, -0.05) is 19.1 Å². The monoisotopic (exact) mass is 304 g/mol. The second-order valence-electron chi connectivity index (χ2n) is 5.62. The predicted octanol–water partition coefficient (Wildman–Crippen LogP) is 2.67. The molecule has 1 aromatic rings. The molecule has 120 valence electrons. The number of hydrogen-bond donors (Lipinski definition) is 1. The fourth-order valence-corrected chi connectivity index (χ4v) is 2.64. The first-order valence-electron chi connectivity index (χ1n) is 7.88. The molecular weight excluding hydrogens is 280 g/mol. The van der Waals surface area contributed by atoms with Gasteiger partial charge in [0.15, 0.2) is 0 Å². The minimum absolute atomic E-state index is 0.0626. The number of nitrogens with one attached hydrogen (secondary N) is 1. The van der Waals surface area contributed by atoms with E-state index >= 15 is 0 Å². The van der Waals surface area contributed by atoms with E-state index in [0.29, 0.717) is 24.6 Å². The van der Waals surface area contributed by atoms with Gasteiger partial charge in [0, 0.05) is 19.0 Å². The summed E-state index contributed by atoms with van der Waals surface area (Å²) in [7, 11) is 0. The van der Waals surface area contributed by atoms with Crippen molar-refractivity contribution in [2.75, 3.05) is 18.5 Å². The molecule has 0 spiro atoms. The van der Waals surface area contributed by atoms with E-state index in [2.05, 4.69) is 5.32 Å². The van der Waals surface area contributed by atoms with E-state index in [0.717, 1.165) is 6.42 Å². The van der Waals surface area contributed by atoms with Gasteiger partial charge in [0.1, 0.15) is 5.75 Å². The van der Waals surface area contributed by atoms with E-state index in [9.17, 15) is 9.59 Å². The lowest BCUT2D eigenvalue weighted by Gasteiger charge is -2.23. The van der Waals surface area contributed by atoms with Gasteiger partial charge >= 0.3 is 0 Å². The van der Waals surface area contributed by atoms with Crippen LogP contribution in [0.3, 0.4) is 0 Å². The number of rotatable bonds is 6. The number of anilines is 1. The van der Waals surface area contributed by atoms with Crippen molar-refractivity contribution < 1.29 is 14.3 Å². The summed E-state index contributed by atoms with van der Waals surface area (Å²) >= 11 is 0. The molecule has 0 aromatic heterocycles. The number of carbonyl (C=O) groups is 2. The predicted molar refractivity (Wildman–Crippen MR) is 85.8 cm³/mol. The van der Waals surface area contributed by atoms with Gasteiger partial charge in [-0.2, -0.15) is 0 Å². The molecule has 1 aliphatic rings. The molecular formula is C17H24N2O3. The molecule has 0 bridgehead atoms. The van der Waals surface area contributed by atoms with Gasteiger partial charge in [0.05, 0.1) is 18.2 Å². The third-order valence-corrected chi connectivity index (χ3v) is 4.10. The molecule has 1 heterocycles. The third kappa shape index (κ3) is 3.59. The average molecular weight is 304 g/mol. The van der Waals surface area contributed by atoms with E-state index in [-0.39, 0.29) is 30.2 Å². The maximum absolute atomic E-state index is 12.4. The van der Waals surface area contributed by atoms with Crippen LogP contribution >= 0.6 is 0 Å². The van der Waals surface area contributed by atoms with Gasteiger partial charge in [-0.15, -0.1) is 0 Å². The van der Waals surface area contributed by atoms with Crippen molar-refractivity contribution in [3.63, 3.8) is 0 Å². The zero-order chi connectivity index (χ0) is 16.1. The highest BCUT2D eigenvalue weighted by Crippen LogP contribution is 2.27. The molecule has 1 aromatic carbocycles. The topological polar surface area (TPSA) is 58.6 Å². The molecule has 22 heavy (non-hydrogen) atoms. The Hall–Kier alpha value is -2.04. The van der Waals surface area contributed by atoms with Gasteiger partial charge in [0.2, 0.25) is 11.8 Å². The second-order valence-corrected chi connectivity index (χ2v) is 5.62. The fourth-order valence-electron chi connectivity index (χ4n) is 2.64. The zero-order valence-corrected chi connectivity index (χ0v) is 13.5. The van der Waals surface area contributed by atoms with Crippen molar-refractivity contribution in [2.45, 2.75) is 39.7 Å². The molecule has 0 aliphatic carbocycles. The van der Waals surface area contributed by atoms with Crippen LogP contribution in [-0.2, 0) is 9.59 Å². The van der Waals surface area contributed by atoms with Crippen LogP contribution in [0.25, 0.3) is 0 Å². The maximum Gasteiger partial charge on any atom is 0.229 e. The van der Waals surface area contributed by atoms with Crippen LogP contribution in [0, 0.1) is 5.92 Å². The molecule has 0 radical (unpaired) electrons. The van der Waals surface area contributed by atoms with Crippen LogP contribution in [0.2, 0.25) is 0 Å². The lowest BCUT2D eigenvalue weighted by Crippen LogP contribution is -2.35.